The molecule has 1 aromatic heterocycles. The van der Waals surface area contributed by atoms with E-state index in [4.69, 9.17) is 27.9 Å². The van der Waals surface area contributed by atoms with Crippen molar-refractivity contribution in [1.29, 1.82) is 0 Å². The Balaban J connectivity index is 1.92. The van der Waals surface area contributed by atoms with Crippen molar-refractivity contribution in [1.82, 2.24) is 10.3 Å². The summed E-state index contributed by atoms with van der Waals surface area (Å²) in [7, 11) is 0. The van der Waals surface area contributed by atoms with Crippen LogP contribution < -0.4 is 10.1 Å². The third kappa shape index (κ3) is 4.62. The highest BCUT2D eigenvalue weighted by atomic mass is 35.5. The van der Waals surface area contributed by atoms with Crippen LogP contribution >= 0.6 is 23.2 Å². The van der Waals surface area contributed by atoms with Crippen LogP contribution in [0.5, 0.6) is 5.75 Å². The number of rotatable bonds is 5. The second kappa shape index (κ2) is 7.29. The number of halogens is 2. The number of carbonyl (C=O) groups excluding carboxylic acids is 1. The van der Waals surface area contributed by atoms with E-state index in [0.717, 1.165) is 5.56 Å². The maximum Gasteiger partial charge on any atom is 0.261 e. The third-order valence-corrected chi connectivity index (χ3v) is 3.30. The first-order valence-corrected chi connectivity index (χ1v) is 7.10. The molecule has 4 nitrogen and oxygen atoms in total. The predicted molar refractivity (Wildman–Crippen MR) is 82.6 cm³/mol. The second-order valence-electron chi connectivity index (χ2n) is 4.41. The highest BCUT2D eigenvalue weighted by Crippen LogP contribution is 2.28. The lowest BCUT2D eigenvalue weighted by atomic mass is 10.2. The number of nitrogens with one attached hydrogen (secondary N) is 1. The Morgan fingerprint density at radius 1 is 1.38 bits per heavy atom. The number of nitrogens with zero attached hydrogens (tertiary/aromatic N) is 1. The molecule has 2 rings (SSSR count). The average Bonchev–Trinajstić information content (AvgIpc) is 2.49. The SMILES string of the molecule is C[C@H](Oc1cc(Cl)ccc1Cl)C(=O)NCc1cccnc1. The summed E-state index contributed by atoms with van der Waals surface area (Å²) >= 11 is 11.9. The first-order valence-electron chi connectivity index (χ1n) is 6.34. The molecule has 1 aromatic carbocycles. The number of aromatic nitrogens is 1. The van der Waals surface area contributed by atoms with Crippen molar-refractivity contribution in [2.45, 2.75) is 19.6 Å². The lowest BCUT2D eigenvalue weighted by Crippen LogP contribution is -2.35. The summed E-state index contributed by atoms with van der Waals surface area (Å²) in [6.07, 6.45) is 2.69. The van der Waals surface area contributed by atoms with E-state index in [2.05, 4.69) is 10.3 Å². The summed E-state index contributed by atoms with van der Waals surface area (Å²) in [5, 5.41) is 3.68. The van der Waals surface area contributed by atoms with Gasteiger partial charge in [-0.05, 0) is 30.7 Å². The Morgan fingerprint density at radius 3 is 2.90 bits per heavy atom. The van der Waals surface area contributed by atoms with Crippen molar-refractivity contribution in [3.63, 3.8) is 0 Å². The van der Waals surface area contributed by atoms with Crippen LogP contribution in [0.25, 0.3) is 0 Å². The van der Waals surface area contributed by atoms with Crippen LogP contribution in [0, 0.1) is 0 Å². The lowest BCUT2D eigenvalue weighted by Gasteiger charge is -2.15. The topological polar surface area (TPSA) is 51.2 Å². The van der Waals surface area contributed by atoms with Gasteiger partial charge in [-0.25, -0.2) is 0 Å². The summed E-state index contributed by atoms with van der Waals surface area (Å²) in [5.74, 6) is 0.142. The molecule has 0 aliphatic carbocycles. The first-order chi connectivity index (χ1) is 10.1. The largest absolute Gasteiger partial charge is 0.479 e. The van der Waals surface area contributed by atoms with Gasteiger partial charge >= 0.3 is 0 Å². The van der Waals surface area contributed by atoms with Gasteiger partial charge in [0.05, 0.1) is 5.02 Å². The number of amides is 1. The highest BCUT2D eigenvalue weighted by Gasteiger charge is 2.16. The molecule has 110 valence electrons. The van der Waals surface area contributed by atoms with Crippen molar-refractivity contribution < 1.29 is 9.53 Å². The van der Waals surface area contributed by atoms with E-state index in [0.29, 0.717) is 22.3 Å². The normalized spacial score (nSPS) is 11.8. The summed E-state index contributed by atoms with van der Waals surface area (Å²) in [6.45, 7) is 2.04. The van der Waals surface area contributed by atoms with Gasteiger partial charge in [-0.3, -0.25) is 9.78 Å². The number of benzene rings is 1. The number of hydrogen-bond acceptors (Lipinski definition) is 3. The van der Waals surface area contributed by atoms with Crippen molar-refractivity contribution >= 4 is 29.1 Å². The summed E-state index contributed by atoms with van der Waals surface area (Å²) < 4.78 is 5.53. The molecule has 6 heteroatoms. The highest BCUT2D eigenvalue weighted by molar-refractivity contribution is 6.34. The molecular weight excluding hydrogens is 311 g/mol. The van der Waals surface area contributed by atoms with E-state index in [1.54, 1.807) is 37.5 Å². The second-order valence-corrected chi connectivity index (χ2v) is 5.26. The molecule has 0 aliphatic heterocycles. The molecule has 21 heavy (non-hydrogen) atoms. The molecule has 1 atom stereocenters. The fraction of sp³-hybridized carbons (Fsp3) is 0.200. The van der Waals surface area contributed by atoms with Gasteiger partial charge in [-0.15, -0.1) is 0 Å². The molecule has 0 unspecified atom stereocenters. The first kappa shape index (κ1) is 15.6. The van der Waals surface area contributed by atoms with Gasteiger partial charge in [0, 0.05) is 30.0 Å². The fourth-order valence-electron chi connectivity index (χ4n) is 1.65. The Bertz CT molecular complexity index is 620. The Kier molecular flexibility index (Phi) is 5.42. The van der Waals surface area contributed by atoms with Crippen molar-refractivity contribution in [3.05, 3.63) is 58.3 Å². The van der Waals surface area contributed by atoms with Crippen LogP contribution in [0.4, 0.5) is 0 Å². The summed E-state index contributed by atoms with van der Waals surface area (Å²) in [4.78, 5) is 16.0. The van der Waals surface area contributed by atoms with Gasteiger partial charge < -0.3 is 10.1 Å². The van der Waals surface area contributed by atoms with Gasteiger partial charge in [-0.2, -0.15) is 0 Å². The van der Waals surface area contributed by atoms with E-state index >= 15 is 0 Å². The quantitative estimate of drug-likeness (QED) is 0.916. The predicted octanol–water partition coefficient (Wildman–Crippen LogP) is 3.47. The van der Waals surface area contributed by atoms with Crippen molar-refractivity contribution in [2.24, 2.45) is 0 Å². The number of ether oxygens (including phenoxy) is 1. The maximum atomic E-state index is 12.0. The maximum absolute atomic E-state index is 12.0. The van der Waals surface area contributed by atoms with Crippen molar-refractivity contribution in [2.75, 3.05) is 0 Å². The molecule has 0 aliphatic rings. The molecular formula is C15H14Cl2N2O2. The molecule has 1 amide bonds. The zero-order chi connectivity index (χ0) is 15.2. The fourth-order valence-corrected chi connectivity index (χ4v) is 1.97. The Labute approximate surface area is 133 Å². The summed E-state index contributed by atoms with van der Waals surface area (Å²) in [5.41, 5.74) is 0.916. The number of hydrogen-bond donors (Lipinski definition) is 1. The zero-order valence-corrected chi connectivity index (χ0v) is 12.9. The summed E-state index contributed by atoms with van der Waals surface area (Å²) in [6, 6.07) is 8.55. The minimum atomic E-state index is -0.683. The van der Waals surface area contributed by atoms with E-state index in [-0.39, 0.29) is 5.91 Å². The molecule has 0 bridgehead atoms. The average molecular weight is 325 g/mol. The van der Waals surface area contributed by atoms with Crippen molar-refractivity contribution in [3.8, 4) is 5.75 Å². The van der Waals surface area contributed by atoms with Gasteiger partial charge in [0.2, 0.25) is 0 Å². The van der Waals surface area contributed by atoms with E-state index in [1.807, 2.05) is 12.1 Å². The van der Waals surface area contributed by atoms with Gasteiger partial charge in [0.25, 0.3) is 5.91 Å². The minimum absolute atomic E-state index is 0.241. The monoisotopic (exact) mass is 324 g/mol. The Morgan fingerprint density at radius 2 is 2.19 bits per heavy atom. The molecule has 0 fully saturated rings. The number of carbonyl (C=O) groups is 1. The molecule has 0 spiro atoms. The van der Waals surface area contributed by atoms with E-state index in [9.17, 15) is 4.79 Å². The van der Waals surface area contributed by atoms with Gasteiger partial charge in [-0.1, -0.05) is 29.3 Å². The van der Waals surface area contributed by atoms with Gasteiger partial charge in [0.1, 0.15) is 5.75 Å². The van der Waals surface area contributed by atoms with Crippen LogP contribution in [0.1, 0.15) is 12.5 Å². The van der Waals surface area contributed by atoms with Crippen LogP contribution in [0.3, 0.4) is 0 Å². The van der Waals surface area contributed by atoms with Crippen LogP contribution in [-0.2, 0) is 11.3 Å². The minimum Gasteiger partial charge on any atom is -0.479 e. The van der Waals surface area contributed by atoms with Gasteiger partial charge in [0.15, 0.2) is 6.10 Å². The molecule has 2 aromatic rings. The van der Waals surface area contributed by atoms with Crippen LogP contribution in [0.2, 0.25) is 10.0 Å². The Hall–Kier alpha value is -1.78. The van der Waals surface area contributed by atoms with Crippen LogP contribution in [0.15, 0.2) is 42.7 Å². The number of pyridine rings is 1. The lowest BCUT2D eigenvalue weighted by molar-refractivity contribution is -0.127. The van der Waals surface area contributed by atoms with E-state index in [1.165, 1.54) is 0 Å². The molecule has 0 saturated carbocycles. The molecule has 1 N–H and O–H groups in total. The third-order valence-electron chi connectivity index (χ3n) is 2.76. The van der Waals surface area contributed by atoms with E-state index < -0.39 is 6.10 Å². The van der Waals surface area contributed by atoms with Crippen LogP contribution in [-0.4, -0.2) is 17.0 Å². The smallest absolute Gasteiger partial charge is 0.261 e. The zero-order valence-electron chi connectivity index (χ0n) is 11.3. The molecule has 1 heterocycles. The molecule has 0 saturated heterocycles. The molecule has 0 radical (unpaired) electrons. The standard InChI is InChI=1S/C15H14Cl2N2O2/c1-10(21-14-7-12(16)4-5-13(14)17)15(20)19-9-11-3-2-6-18-8-11/h2-8,10H,9H2,1H3,(H,19,20)/t10-/m0/s1.